The molecule has 0 spiro atoms. The molecule has 2 aromatic rings. The summed E-state index contributed by atoms with van der Waals surface area (Å²) < 4.78 is 0.924. The van der Waals surface area contributed by atoms with E-state index in [-0.39, 0.29) is 6.42 Å². The second-order valence-electron chi connectivity index (χ2n) is 3.05. The van der Waals surface area contributed by atoms with Gasteiger partial charge in [-0.15, -0.1) is 0 Å². The van der Waals surface area contributed by atoms with Crippen molar-refractivity contribution in [1.29, 1.82) is 0 Å². The van der Waals surface area contributed by atoms with Crippen LogP contribution in [0.2, 0.25) is 0 Å². The van der Waals surface area contributed by atoms with Crippen molar-refractivity contribution in [3.05, 3.63) is 34.4 Å². The number of H-pyrrole nitrogens is 1. The minimum absolute atomic E-state index is 0.0443. The van der Waals surface area contributed by atoms with Crippen molar-refractivity contribution < 1.29 is 9.90 Å². The quantitative estimate of drug-likeness (QED) is 0.865. The molecule has 0 saturated carbocycles. The third-order valence-electron chi connectivity index (χ3n) is 2.08. The standard InChI is InChI=1S/C10H8BrNO2/c11-7-2-1-3-8-10(7)6(5-12-8)4-9(13)14/h1-3,5,12H,4H2,(H,13,14). The minimum atomic E-state index is -0.818. The maximum absolute atomic E-state index is 10.6. The van der Waals surface area contributed by atoms with Gasteiger partial charge in [-0.3, -0.25) is 4.79 Å². The zero-order valence-electron chi connectivity index (χ0n) is 7.25. The van der Waals surface area contributed by atoms with Crippen molar-refractivity contribution in [3.63, 3.8) is 0 Å². The van der Waals surface area contributed by atoms with Crippen LogP contribution in [-0.2, 0) is 11.2 Å². The fourth-order valence-electron chi connectivity index (χ4n) is 1.51. The van der Waals surface area contributed by atoms with Gasteiger partial charge in [0, 0.05) is 21.6 Å². The predicted octanol–water partition coefficient (Wildman–Crippen LogP) is 2.56. The first-order valence-corrected chi connectivity index (χ1v) is 4.94. The van der Waals surface area contributed by atoms with E-state index in [0.717, 1.165) is 20.9 Å². The Morgan fingerprint density at radius 1 is 1.50 bits per heavy atom. The molecule has 0 aliphatic carbocycles. The number of fused-ring (bicyclic) bond motifs is 1. The molecule has 0 aliphatic heterocycles. The van der Waals surface area contributed by atoms with Crippen LogP contribution in [0.3, 0.4) is 0 Å². The smallest absolute Gasteiger partial charge is 0.307 e. The van der Waals surface area contributed by atoms with Gasteiger partial charge in [0.25, 0.3) is 0 Å². The molecule has 3 nitrogen and oxygen atoms in total. The Morgan fingerprint density at radius 2 is 2.29 bits per heavy atom. The third kappa shape index (κ3) is 1.53. The topological polar surface area (TPSA) is 53.1 Å². The zero-order valence-corrected chi connectivity index (χ0v) is 8.84. The first-order chi connectivity index (χ1) is 6.68. The van der Waals surface area contributed by atoms with E-state index in [1.165, 1.54) is 0 Å². The average Bonchev–Trinajstić information content (AvgIpc) is 2.49. The number of carboxylic acids is 1. The molecule has 0 fully saturated rings. The number of aromatic nitrogens is 1. The predicted molar refractivity (Wildman–Crippen MR) is 57.3 cm³/mol. The van der Waals surface area contributed by atoms with E-state index in [2.05, 4.69) is 20.9 Å². The van der Waals surface area contributed by atoms with Gasteiger partial charge in [-0.05, 0) is 17.7 Å². The van der Waals surface area contributed by atoms with Crippen molar-refractivity contribution in [2.75, 3.05) is 0 Å². The lowest BCUT2D eigenvalue weighted by molar-refractivity contribution is -0.136. The summed E-state index contributed by atoms with van der Waals surface area (Å²) in [5, 5.41) is 9.66. The van der Waals surface area contributed by atoms with E-state index in [0.29, 0.717) is 0 Å². The Bertz CT molecular complexity index is 490. The zero-order chi connectivity index (χ0) is 10.1. The molecule has 72 valence electrons. The lowest BCUT2D eigenvalue weighted by Gasteiger charge is -1.97. The van der Waals surface area contributed by atoms with Gasteiger partial charge in [0.05, 0.1) is 6.42 Å². The van der Waals surface area contributed by atoms with Crippen molar-refractivity contribution >= 4 is 32.8 Å². The van der Waals surface area contributed by atoms with Gasteiger partial charge in [-0.25, -0.2) is 0 Å². The Kier molecular flexibility index (Phi) is 2.29. The van der Waals surface area contributed by atoms with E-state index in [4.69, 9.17) is 5.11 Å². The van der Waals surface area contributed by atoms with Gasteiger partial charge in [0.2, 0.25) is 0 Å². The molecule has 0 unspecified atom stereocenters. The summed E-state index contributed by atoms with van der Waals surface area (Å²) in [5.41, 5.74) is 1.76. The summed E-state index contributed by atoms with van der Waals surface area (Å²) in [6, 6.07) is 5.74. The SMILES string of the molecule is O=C(O)Cc1c[nH]c2cccc(Br)c12. The van der Waals surface area contributed by atoms with Crippen LogP contribution < -0.4 is 0 Å². The fourth-order valence-corrected chi connectivity index (χ4v) is 2.13. The van der Waals surface area contributed by atoms with Crippen molar-refractivity contribution in [1.82, 2.24) is 4.98 Å². The minimum Gasteiger partial charge on any atom is -0.481 e. The van der Waals surface area contributed by atoms with Crippen LogP contribution in [0.25, 0.3) is 10.9 Å². The maximum atomic E-state index is 10.6. The van der Waals surface area contributed by atoms with Crippen LogP contribution in [0.4, 0.5) is 0 Å². The van der Waals surface area contributed by atoms with Crippen molar-refractivity contribution in [2.45, 2.75) is 6.42 Å². The Labute approximate surface area is 88.9 Å². The van der Waals surface area contributed by atoms with Crippen LogP contribution in [0.5, 0.6) is 0 Å². The highest BCUT2D eigenvalue weighted by molar-refractivity contribution is 9.10. The molecule has 1 aromatic carbocycles. The van der Waals surface area contributed by atoms with E-state index >= 15 is 0 Å². The summed E-state index contributed by atoms with van der Waals surface area (Å²) in [6.45, 7) is 0. The molecular weight excluding hydrogens is 246 g/mol. The number of carbonyl (C=O) groups is 1. The molecule has 4 heteroatoms. The number of rotatable bonds is 2. The maximum Gasteiger partial charge on any atom is 0.307 e. The highest BCUT2D eigenvalue weighted by atomic mass is 79.9. The van der Waals surface area contributed by atoms with Gasteiger partial charge in [-0.1, -0.05) is 22.0 Å². The van der Waals surface area contributed by atoms with Crippen LogP contribution >= 0.6 is 15.9 Å². The van der Waals surface area contributed by atoms with E-state index in [1.54, 1.807) is 6.20 Å². The summed E-state index contributed by atoms with van der Waals surface area (Å²) in [6.07, 6.45) is 1.78. The van der Waals surface area contributed by atoms with Crippen LogP contribution in [0.15, 0.2) is 28.9 Å². The fraction of sp³-hybridized carbons (Fsp3) is 0.100. The van der Waals surface area contributed by atoms with E-state index < -0.39 is 5.97 Å². The Balaban J connectivity index is 2.61. The lowest BCUT2D eigenvalue weighted by Crippen LogP contribution is -1.98. The van der Waals surface area contributed by atoms with Crippen LogP contribution in [-0.4, -0.2) is 16.1 Å². The molecule has 2 rings (SSSR count). The number of hydrogen-bond donors (Lipinski definition) is 2. The molecule has 14 heavy (non-hydrogen) atoms. The molecule has 2 N–H and O–H groups in total. The largest absolute Gasteiger partial charge is 0.481 e. The second kappa shape index (κ2) is 3.46. The molecular formula is C10H8BrNO2. The third-order valence-corrected chi connectivity index (χ3v) is 2.74. The van der Waals surface area contributed by atoms with Crippen LogP contribution in [0, 0.1) is 0 Å². The Morgan fingerprint density at radius 3 is 3.00 bits per heavy atom. The summed E-state index contributed by atoms with van der Waals surface area (Å²) in [5.74, 6) is -0.818. The van der Waals surface area contributed by atoms with Gasteiger partial charge < -0.3 is 10.1 Å². The molecule has 0 radical (unpaired) electrons. The normalized spacial score (nSPS) is 10.6. The monoisotopic (exact) mass is 253 g/mol. The molecule has 0 bridgehead atoms. The van der Waals surface area contributed by atoms with Gasteiger partial charge in [-0.2, -0.15) is 0 Å². The first-order valence-electron chi connectivity index (χ1n) is 4.15. The number of carboxylic acid groups (broad SMARTS) is 1. The van der Waals surface area contributed by atoms with E-state index in [1.807, 2.05) is 18.2 Å². The average molecular weight is 254 g/mol. The molecule has 1 heterocycles. The number of aromatic amines is 1. The van der Waals surface area contributed by atoms with Crippen molar-refractivity contribution in [2.24, 2.45) is 0 Å². The molecule has 0 aliphatic rings. The van der Waals surface area contributed by atoms with E-state index in [9.17, 15) is 4.79 Å². The molecule has 0 saturated heterocycles. The summed E-state index contributed by atoms with van der Waals surface area (Å²) >= 11 is 3.40. The molecule has 1 aromatic heterocycles. The van der Waals surface area contributed by atoms with Crippen LogP contribution in [0.1, 0.15) is 5.56 Å². The van der Waals surface area contributed by atoms with Gasteiger partial charge in [0.15, 0.2) is 0 Å². The number of hydrogen-bond acceptors (Lipinski definition) is 1. The van der Waals surface area contributed by atoms with Crippen molar-refractivity contribution in [3.8, 4) is 0 Å². The van der Waals surface area contributed by atoms with Gasteiger partial charge in [0.1, 0.15) is 0 Å². The first kappa shape index (κ1) is 9.27. The number of aliphatic carboxylic acids is 1. The number of benzene rings is 1. The number of nitrogens with one attached hydrogen (secondary N) is 1. The highest BCUT2D eigenvalue weighted by Gasteiger charge is 2.09. The molecule has 0 amide bonds. The van der Waals surface area contributed by atoms with Gasteiger partial charge >= 0.3 is 5.97 Å². The second-order valence-corrected chi connectivity index (χ2v) is 3.90. The number of halogens is 1. The Hall–Kier alpha value is -1.29. The lowest BCUT2D eigenvalue weighted by atomic mass is 10.1. The summed E-state index contributed by atoms with van der Waals surface area (Å²) in [7, 11) is 0. The molecule has 0 atom stereocenters. The summed E-state index contributed by atoms with van der Waals surface area (Å²) in [4.78, 5) is 13.6. The highest BCUT2D eigenvalue weighted by Crippen LogP contribution is 2.27.